The Morgan fingerprint density at radius 1 is 1.01 bits per heavy atom. The molecule has 3 aromatic heterocycles. The molecule has 4 atom stereocenters. The van der Waals surface area contributed by atoms with Gasteiger partial charge in [0, 0.05) is 103 Å². The lowest BCUT2D eigenvalue weighted by Gasteiger charge is -2.61. The first-order valence-corrected chi connectivity index (χ1v) is 24.7. The molecule has 4 aliphatic heterocycles. The number of aromatic nitrogens is 5. The highest BCUT2D eigenvalue weighted by atomic mass is 35.5. The Morgan fingerprint density at radius 2 is 1.74 bits per heavy atom. The van der Waals surface area contributed by atoms with Crippen molar-refractivity contribution in [2.45, 2.75) is 109 Å². The van der Waals surface area contributed by atoms with Crippen molar-refractivity contribution in [1.29, 1.82) is 0 Å². The van der Waals surface area contributed by atoms with E-state index < -0.39 is 35.4 Å². The van der Waals surface area contributed by atoms with Crippen molar-refractivity contribution < 1.29 is 29.7 Å². The van der Waals surface area contributed by atoms with Crippen LogP contribution < -0.4 is 15.5 Å². The molecule has 1 spiro atoms. The third-order valence-electron chi connectivity index (χ3n) is 15.5. The molecule has 0 radical (unpaired) electrons. The summed E-state index contributed by atoms with van der Waals surface area (Å²) in [5.74, 6) is 2.55. The molecule has 17 nitrogen and oxygen atoms in total. The Labute approximate surface area is 412 Å². The fourth-order valence-electron chi connectivity index (χ4n) is 11.6. The number of H-pyrrole nitrogens is 1. The number of phenolic OH excluding ortho intramolecular Hbond substituents is 2. The molecule has 0 unspecified atom stereocenters. The van der Waals surface area contributed by atoms with Gasteiger partial charge in [0.1, 0.15) is 23.6 Å². The predicted octanol–water partition coefficient (Wildman–Crippen LogP) is 5.63. The summed E-state index contributed by atoms with van der Waals surface area (Å²) in [5, 5.41) is 47.4. The van der Waals surface area contributed by atoms with Crippen LogP contribution in [0.5, 0.6) is 11.5 Å². The Kier molecular flexibility index (Phi) is 12.4. The number of anilines is 1. The van der Waals surface area contributed by atoms with E-state index in [-0.39, 0.29) is 59.1 Å². The van der Waals surface area contributed by atoms with Crippen LogP contribution in [-0.2, 0) is 22.6 Å². The molecule has 0 bridgehead atoms. The molecular weight excluding hydrogens is 910 g/mol. The van der Waals surface area contributed by atoms with Crippen LogP contribution in [0.2, 0.25) is 5.02 Å². The standard InChI is InChI=1S/C52H60ClN11O6/c1-6-30-17-38(53)37(43(67)18-30)25-54-47(68)41-19-34(65)26-64(41)48(69)45(51(3,4)5)58-50(70)62-27-52(28-62)21-33(22-52)61-14-11-31(12-15-61)32-23-55-49(56-24-32)63-16-13-39-44(29(63)2)36-20-40(59-60-46(36)57-39)35-9-7-8-10-42(35)66/h1,7-10,17-18,20,23-24,29,31,33-34,41,45,65-67H,11-16,19,21-22,25-28H2,2-5H3,(H,54,68)(H,57,60)(H,58,70)/t29-,34-,41+,45-/m1/s1. The number of phenols is 2. The summed E-state index contributed by atoms with van der Waals surface area (Å²) in [7, 11) is 0. The van der Waals surface area contributed by atoms with Crippen LogP contribution in [0.15, 0.2) is 54.9 Å². The number of likely N-dealkylation sites (tertiary alicyclic amines) is 3. The summed E-state index contributed by atoms with van der Waals surface area (Å²) < 4.78 is 0. The van der Waals surface area contributed by atoms with Crippen molar-refractivity contribution in [1.82, 2.24) is 50.5 Å². The SMILES string of the molecule is C#Cc1cc(O)c(CNC(=O)[C@@H]2C[C@@H](O)CN2C(=O)[C@@H](NC(=O)N2CC3(CC(N4CCC(c5cnc(N6CCc7[nH]c8nnc(-c9ccccc9O)cc8c7[C@H]6C)nc5)CC4)C3)C2)C(C)(C)C)c(Cl)c1. The first-order valence-electron chi connectivity index (χ1n) is 24.3. The van der Waals surface area contributed by atoms with Gasteiger partial charge in [-0.1, -0.05) is 50.4 Å². The van der Waals surface area contributed by atoms with Crippen LogP contribution in [0.3, 0.4) is 0 Å². The number of carbonyl (C=O) groups is 3. The van der Waals surface area contributed by atoms with Crippen LogP contribution in [0.4, 0.5) is 10.7 Å². The van der Waals surface area contributed by atoms with E-state index in [0.29, 0.717) is 47.8 Å². The normalized spacial score (nSPS) is 22.0. The largest absolute Gasteiger partial charge is 0.508 e. The van der Waals surface area contributed by atoms with Crippen molar-refractivity contribution in [2.24, 2.45) is 10.8 Å². The number of β-amino-alcohol motifs (C(OH)–C–C–N with tert-alkyl or cyclic N) is 1. The van der Waals surface area contributed by atoms with Gasteiger partial charge in [0.25, 0.3) is 0 Å². The number of halogens is 1. The molecule has 70 heavy (non-hydrogen) atoms. The quantitative estimate of drug-likeness (QED) is 0.0992. The summed E-state index contributed by atoms with van der Waals surface area (Å²) >= 11 is 6.33. The summed E-state index contributed by atoms with van der Waals surface area (Å²) in [6.07, 6.45) is 13.4. The zero-order chi connectivity index (χ0) is 49.2. The highest BCUT2D eigenvalue weighted by molar-refractivity contribution is 6.31. The fraction of sp³-hybridized carbons (Fsp3) is 0.481. The van der Waals surface area contributed by atoms with Crippen LogP contribution >= 0.6 is 11.6 Å². The van der Waals surface area contributed by atoms with E-state index in [4.69, 9.17) is 28.0 Å². The predicted molar refractivity (Wildman–Crippen MR) is 264 cm³/mol. The molecule has 7 heterocycles. The van der Waals surface area contributed by atoms with Crippen molar-refractivity contribution in [3.63, 3.8) is 0 Å². The molecular formula is C52H60ClN11O6. The second kappa shape index (κ2) is 18.4. The molecule has 366 valence electrons. The number of terminal acetylenes is 1. The van der Waals surface area contributed by atoms with Crippen molar-refractivity contribution >= 4 is 46.4 Å². The number of rotatable bonds is 9. The highest BCUT2D eigenvalue weighted by Crippen LogP contribution is 2.51. The number of para-hydroxylation sites is 1. The van der Waals surface area contributed by atoms with Gasteiger partial charge in [0.2, 0.25) is 17.8 Å². The molecule has 10 rings (SSSR count). The molecule has 3 saturated heterocycles. The number of fused-ring (bicyclic) bond motifs is 3. The maximum absolute atomic E-state index is 14.2. The number of amides is 4. The van der Waals surface area contributed by atoms with Gasteiger partial charge in [-0.2, -0.15) is 0 Å². The van der Waals surface area contributed by atoms with Crippen molar-refractivity contribution in [3.05, 3.63) is 87.8 Å². The topological polar surface area (TPSA) is 216 Å². The number of urea groups is 1. The van der Waals surface area contributed by atoms with E-state index in [1.54, 1.807) is 17.0 Å². The van der Waals surface area contributed by atoms with Crippen molar-refractivity contribution in [3.8, 4) is 35.1 Å². The highest BCUT2D eigenvalue weighted by Gasteiger charge is 2.56. The van der Waals surface area contributed by atoms with Gasteiger partial charge in [-0.15, -0.1) is 16.6 Å². The minimum atomic E-state index is -0.982. The number of hydrogen-bond acceptors (Lipinski definition) is 12. The number of nitrogens with one attached hydrogen (secondary N) is 3. The minimum Gasteiger partial charge on any atom is -0.508 e. The van der Waals surface area contributed by atoms with E-state index in [2.05, 4.69) is 48.5 Å². The number of piperidine rings is 1. The first-order chi connectivity index (χ1) is 33.5. The molecule has 4 fully saturated rings. The van der Waals surface area contributed by atoms with Gasteiger partial charge in [0.15, 0.2) is 5.65 Å². The number of benzene rings is 2. The molecule has 5 aromatic rings. The third-order valence-corrected chi connectivity index (χ3v) is 15.8. The zero-order valence-electron chi connectivity index (χ0n) is 40.0. The lowest BCUT2D eigenvalue weighted by atomic mass is 9.60. The molecule has 5 aliphatic rings. The number of aromatic amines is 1. The number of aliphatic hydroxyl groups excluding tert-OH is 1. The summed E-state index contributed by atoms with van der Waals surface area (Å²) in [6.45, 7) is 11.6. The minimum absolute atomic E-state index is 0.00161. The fourth-order valence-corrected chi connectivity index (χ4v) is 11.9. The van der Waals surface area contributed by atoms with E-state index in [0.717, 1.165) is 79.6 Å². The zero-order valence-corrected chi connectivity index (χ0v) is 40.7. The van der Waals surface area contributed by atoms with Gasteiger partial charge < -0.3 is 50.5 Å². The lowest BCUT2D eigenvalue weighted by molar-refractivity contribution is -0.142. The first kappa shape index (κ1) is 47.2. The smallest absolute Gasteiger partial charge is 0.318 e. The number of hydrogen-bond donors (Lipinski definition) is 6. The molecule has 6 N–H and O–H groups in total. The maximum Gasteiger partial charge on any atom is 0.318 e. The van der Waals surface area contributed by atoms with E-state index in [1.165, 1.54) is 17.0 Å². The molecule has 1 aliphatic carbocycles. The number of nitrogens with zero attached hydrogens (tertiary/aromatic N) is 8. The van der Waals surface area contributed by atoms with Crippen LogP contribution in [0.25, 0.3) is 22.3 Å². The number of carbonyl (C=O) groups excluding carboxylic acids is 3. The Morgan fingerprint density at radius 3 is 2.43 bits per heavy atom. The second-order valence-corrected chi connectivity index (χ2v) is 21.6. The second-order valence-electron chi connectivity index (χ2n) is 21.2. The van der Waals surface area contributed by atoms with Crippen LogP contribution in [0, 0.1) is 23.2 Å². The molecule has 4 amide bonds. The summed E-state index contributed by atoms with van der Waals surface area (Å²) in [6, 6.07) is 10.3. The van der Waals surface area contributed by atoms with Gasteiger partial charge in [0.05, 0.1) is 22.9 Å². The Hall–Kier alpha value is -6.48. The maximum atomic E-state index is 14.2. The van der Waals surface area contributed by atoms with Crippen LogP contribution in [-0.4, -0.2) is 137 Å². The van der Waals surface area contributed by atoms with E-state index >= 15 is 0 Å². The molecule has 2 aromatic carbocycles. The molecule has 18 heteroatoms. The van der Waals surface area contributed by atoms with E-state index in [1.807, 2.05) is 51.4 Å². The number of aromatic hydroxyl groups is 2. The average molecular weight is 971 g/mol. The summed E-state index contributed by atoms with van der Waals surface area (Å²) in [5.41, 5.74) is 5.50. The lowest BCUT2D eigenvalue weighted by Crippen LogP contribution is -2.70. The number of aliphatic hydroxyl groups is 1. The van der Waals surface area contributed by atoms with Crippen molar-refractivity contribution in [2.75, 3.05) is 44.2 Å². The van der Waals surface area contributed by atoms with Gasteiger partial charge >= 0.3 is 6.03 Å². The van der Waals surface area contributed by atoms with Gasteiger partial charge in [-0.05, 0) is 92.9 Å². The van der Waals surface area contributed by atoms with Gasteiger partial charge in [-0.25, -0.2) is 14.8 Å². The third kappa shape index (κ3) is 8.85. The van der Waals surface area contributed by atoms with Gasteiger partial charge in [-0.3, -0.25) is 9.59 Å². The molecule has 1 saturated carbocycles. The van der Waals surface area contributed by atoms with E-state index in [9.17, 15) is 29.7 Å². The van der Waals surface area contributed by atoms with Crippen LogP contribution in [0.1, 0.15) is 99.7 Å². The Bertz CT molecular complexity index is 2850. The Balaban J connectivity index is 0.696. The average Bonchev–Trinajstić information content (AvgIpc) is 3.90. The monoisotopic (exact) mass is 969 g/mol. The summed E-state index contributed by atoms with van der Waals surface area (Å²) in [4.78, 5) is 62.7.